The Kier molecular flexibility index (Phi) is 7.54. The number of methoxy groups -OCH3 is 1. The molecule has 0 bridgehead atoms. The Bertz CT molecular complexity index is 766. The predicted octanol–water partition coefficient (Wildman–Crippen LogP) is 2.23. The number of sulfonamides is 1. The normalized spacial score (nSPS) is 21.3. The molecule has 3 rings (SSSR count). The summed E-state index contributed by atoms with van der Waals surface area (Å²) in [4.78, 5) is 15.0. The molecule has 1 atom stereocenters. The summed E-state index contributed by atoms with van der Waals surface area (Å²) in [6, 6.07) is 6.49. The molecule has 1 aromatic carbocycles. The van der Waals surface area contributed by atoms with E-state index in [1.165, 1.54) is 30.0 Å². The summed E-state index contributed by atoms with van der Waals surface area (Å²) in [6.07, 6.45) is 7.00. The average Bonchev–Trinajstić information content (AvgIpc) is 3.02. The van der Waals surface area contributed by atoms with Crippen LogP contribution in [0.2, 0.25) is 0 Å². The first kappa shape index (κ1) is 22.1. The first-order valence-electron chi connectivity index (χ1n) is 10.6. The summed E-state index contributed by atoms with van der Waals surface area (Å²) in [5, 5.41) is 3.21. The molecule has 2 aliphatic rings. The Morgan fingerprint density at radius 2 is 1.62 bits per heavy atom. The van der Waals surface area contributed by atoms with E-state index in [2.05, 4.69) is 10.2 Å². The van der Waals surface area contributed by atoms with Crippen LogP contribution in [0.5, 0.6) is 5.75 Å². The van der Waals surface area contributed by atoms with Gasteiger partial charge in [0.05, 0.1) is 18.0 Å². The van der Waals surface area contributed by atoms with Crippen molar-refractivity contribution >= 4 is 15.9 Å². The van der Waals surface area contributed by atoms with Crippen molar-refractivity contribution < 1.29 is 17.9 Å². The topological polar surface area (TPSA) is 79.0 Å². The van der Waals surface area contributed by atoms with Crippen LogP contribution in [0.4, 0.5) is 0 Å². The minimum Gasteiger partial charge on any atom is -0.497 e. The molecule has 2 fully saturated rings. The van der Waals surface area contributed by atoms with Gasteiger partial charge in [0, 0.05) is 32.2 Å². The third kappa shape index (κ3) is 5.49. The van der Waals surface area contributed by atoms with Gasteiger partial charge in [-0.1, -0.05) is 25.7 Å². The second-order valence-electron chi connectivity index (χ2n) is 7.99. The molecule has 1 aliphatic carbocycles. The number of amides is 1. The van der Waals surface area contributed by atoms with Gasteiger partial charge in [-0.25, -0.2) is 8.42 Å². The predicted molar refractivity (Wildman–Crippen MR) is 112 cm³/mol. The van der Waals surface area contributed by atoms with Crippen molar-refractivity contribution in [2.75, 3.05) is 33.3 Å². The number of ether oxygens (including phenoxy) is 1. The van der Waals surface area contributed by atoms with Crippen LogP contribution in [-0.2, 0) is 14.8 Å². The van der Waals surface area contributed by atoms with Crippen LogP contribution in [0.15, 0.2) is 29.2 Å². The van der Waals surface area contributed by atoms with Gasteiger partial charge >= 0.3 is 0 Å². The molecule has 29 heavy (non-hydrogen) atoms. The molecule has 7 nitrogen and oxygen atoms in total. The number of benzene rings is 1. The molecular formula is C21H33N3O4S. The largest absolute Gasteiger partial charge is 0.497 e. The SMILES string of the molecule is COc1ccc(S(=O)(=O)N2CCN([C@H](C)C(=O)NC3CCCCCC3)CC2)cc1. The number of nitrogens with zero attached hydrogens (tertiary/aromatic N) is 2. The smallest absolute Gasteiger partial charge is 0.243 e. The first-order valence-corrected chi connectivity index (χ1v) is 12.0. The van der Waals surface area contributed by atoms with Crippen LogP contribution >= 0.6 is 0 Å². The molecule has 0 radical (unpaired) electrons. The molecule has 1 amide bonds. The fourth-order valence-electron chi connectivity index (χ4n) is 4.14. The maximum absolute atomic E-state index is 12.9. The van der Waals surface area contributed by atoms with Crippen molar-refractivity contribution in [3.63, 3.8) is 0 Å². The molecule has 0 aromatic heterocycles. The van der Waals surface area contributed by atoms with Gasteiger partial charge in [0.25, 0.3) is 0 Å². The van der Waals surface area contributed by atoms with E-state index in [-0.39, 0.29) is 22.9 Å². The van der Waals surface area contributed by atoms with Gasteiger partial charge in [-0.15, -0.1) is 0 Å². The van der Waals surface area contributed by atoms with E-state index in [0.717, 1.165) is 12.8 Å². The van der Waals surface area contributed by atoms with Gasteiger partial charge in [-0.05, 0) is 44.0 Å². The minimum atomic E-state index is -3.53. The Labute approximate surface area is 174 Å². The lowest BCUT2D eigenvalue weighted by Gasteiger charge is -2.37. The average molecular weight is 424 g/mol. The summed E-state index contributed by atoms with van der Waals surface area (Å²) >= 11 is 0. The second kappa shape index (κ2) is 9.91. The zero-order valence-electron chi connectivity index (χ0n) is 17.5. The number of nitrogens with one attached hydrogen (secondary N) is 1. The number of rotatable bonds is 6. The van der Waals surface area contributed by atoms with Crippen LogP contribution in [-0.4, -0.2) is 68.9 Å². The van der Waals surface area contributed by atoms with E-state index >= 15 is 0 Å². The molecule has 1 N–H and O–H groups in total. The molecule has 1 saturated carbocycles. The van der Waals surface area contributed by atoms with E-state index in [9.17, 15) is 13.2 Å². The number of carbonyl (C=O) groups is 1. The zero-order valence-corrected chi connectivity index (χ0v) is 18.3. The lowest BCUT2D eigenvalue weighted by Crippen LogP contribution is -2.55. The maximum atomic E-state index is 12.9. The summed E-state index contributed by atoms with van der Waals surface area (Å²) in [7, 11) is -1.98. The number of piperazine rings is 1. The maximum Gasteiger partial charge on any atom is 0.243 e. The highest BCUT2D eigenvalue weighted by Crippen LogP contribution is 2.22. The second-order valence-corrected chi connectivity index (χ2v) is 9.93. The standard InChI is InChI=1S/C21H33N3O4S/c1-17(21(25)22-18-7-5-3-4-6-8-18)23-13-15-24(16-14-23)29(26,27)20-11-9-19(28-2)10-12-20/h9-12,17-18H,3-8,13-16H2,1-2H3,(H,22,25)/t17-/m1/s1. The van der Waals surface area contributed by atoms with Gasteiger partial charge in [-0.2, -0.15) is 4.31 Å². The van der Waals surface area contributed by atoms with Crippen LogP contribution in [0.25, 0.3) is 0 Å². The molecule has 162 valence electrons. The number of hydrogen-bond acceptors (Lipinski definition) is 5. The highest BCUT2D eigenvalue weighted by atomic mass is 32.2. The Hall–Kier alpha value is -1.64. The molecule has 0 spiro atoms. The fourth-order valence-corrected chi connectivity index (χ4v) is 5.56. The van der Waals surface area contributed by atoms with E-state index in [1.54, 1.807) is 31.4 Å². The molecule has 1 saturated heterocycles. The van der Waals surface area contributed by atoms with Crippen molar-refractivity contribution in [1.29, 1.82) is 0 Å². The lowest BCUT2D eigenvalue weighted by atomic mass is 10.1. The van der Waals surface area contributed by atoms with Crippen LogP contribution in [0, 0.1) is 0 Å². The highest BCUT2D eigenvalue weighted by Gasteiger charge is 2.32. The van der Waals surface area contributed by atoms with Gasteiger partial charge in [0.1, 0.15) is 5.75 Å². The quantitative estimate of drug-likeness (QED) is 0.710. The Morgan fingerprint density at radius 1 is 1.03 bits per heavy atom. The van der Waals surface area contributed by atoms with Crippen molar-refractivity contribution in [2.45, 2.75) is 62.4 Å². The summed E-state index contributed by atoms with van der Waals surface area (Å²) in [5.74, 6) is 0.686. The number of carbonyl (C=O) groups excluding carboxylic acids is 1. The summed E-state index contributed by atoms with van der Waals surface area (Å²) in [5.41, 5.74) is 0. The van der Waals surface area contributed by atoms with Crippen LogP contribution in [0.3, 0.4) is 0 Å². The Balaban J connectivity index is 1.54. The monoisotopic (exact) mass is 423 g/mol. The van der Waals surface area contributed by atoms with Crippen LogP contribution in [0.1, 0.15) is 45.4 Å². The van der Waals surface area contributed by atoms with E-state index in [4.69, 9.17) is 4.74 Å². The third-order valence-electron chi connectivity index (χ3n) is 6.10. The van der Waals surface area contributed by atoms with Crippen molar-refractivity contribution in [2.24, 2.45) is 0 Å². The lowest BCUT2D eigenvalue weighted by molar-refractivity contribution is -0.127. The Morgan fingerprint density at radius 3 is 2.17 bits per heavy atom. The molecule has 8 heteroatoms. The van der Waals surface area contributed by atoms with Gasteiger partial charge in [-0.3, -0.25) is 9.69 Å². The fraction of sp³-hybridized carbons (Fsp3) is 0.667. The zero-order chi connectivity index (χ0) is 20.9. The van der Waals surface area contributed by atoms with Crippen molar-refractivity contribution in [3.8, 4) is 5.75 Å². The molecule has 0 unspecified atom stereocenters. The molecular weight excluding hydrogens is 390 g/mol. The highest BCUT2D eigenvalue weighted by molar-refractivity contribution is 7.89. The van der Waals surface area contributed by atoms with Gasteiger partial charge in [0.2, 0.25) is 15.9 Å². The molecule has 1 heterocycles. The van der Waals surface area contributed by atoms with Gasteiger partial charge < -0.3 is 10.1 Å². The summed E-state index contributed by atoms with van der Waals surface area (Å²) < 4.78 is 32.4. The number of hydrogen-bond donors (Lipinski definition) is 1. The molecule has 1 aromatic rings. The first-order chi connectivity index (χ1) is 13.9. The van der Waals surface area contributed by atoms with Gasteiger partial charge in [0.15, 0.2) is 0 Å². The molecule has 1 aliphatic heterocycles. The van der Waals surface area contributed by atoms with Crippen molar-refractivity contribution in [3.05, 3.63) is 24.3 Å². The van der Waals surface area contributed by atoms with Crippen LogP contribution < -0.4 is 10.1 Å². The minimum absolute atomic E-state index is 0.0587. The third-order valence-corrected chi connectivity index (χ3v) is 8.01. The van der Waals surface area contributed by atoms with Crippen molar-refractivity contribution in [1.82, 2.24) is 14.5 Å². The van der Waals surface area contributed by atoms with E-state index in [0.29, 0.717) is 31.9 Å². The summed E-state index contributed by atoms with van der Waals surface area (Å²) in [6.45, 7) is 3.79. The van der Waals surface area contributed by atoms with E-state index < -0.39 is 10.0 Å². The van der Waals surface area contributed by atoms with E-state index in [1.807, 2.05) is 6.92 Å².